The number of ketones is 1. The van der Waals surface area contributed by atoms with Gasteiger partial charge in [0.25, 0.3) is 0 Å². The van der Waals surface area contributed by atoms with Gasteiger partial charge in [0.15, 0.2) is 0 Å². The average Bonchev–Trinajstić information content (AvgIpc) is 2.72. The van der Waals surface area contributed by atoms with Gasteiger partial charge in [0.05, 0.1) is 5.69 Å². The van der Waals surface area contributed by atoms with Crippen molar-refractivity contribution in [3.05, 3.63) is 47.9 Å². The minimum atomic E-state index is -4.25. The third-order valence-electron chi connectivity index (χ3n) is 2.53. The number of rotatable bonds is 1. The predicted octanol–water partition coefficient (Wildman–Crippen LogP) is 1.11. The third-order valence-corrected chi connectivity index (χ3v) is 3.27. The Hall–Kier alpha value is -2.61. The van der Waals surface area contributed by atoms with Gasteiger partial charge < -0.3 is 13.5 Å². The Morgan fingerprint density at radius 1 is 1.00 bits per heavy atom. The molecule has 0 saturated heterocycles. The van der Waals surface area contributed by atoms with Gasteiger partial charge in [0.1, 0.15) is 11.5 Å². The van der Waals surface area contributed by atoms with E-state index in [-0.39, 0.29) is 17.2 Å². The van der Waals surface area contributed by atoms with Gasteiger partial charge in [-0.3, -0.25) is 4.79 Å². The summed E-state index contributed by atoms with van der Waals surface area (Å²) in [7, 11) is -4.25. The molecule has 8 heteroatoms. The van der Waals surface area contributed by atoms with Gasteiger partial charge in [0.2, 0.25) is 17.3 Å². The molecule has 0 saturated carbocycles. The minimum Gasteiger partial charge on any atom is -0.508 e. The molecule has 102 valence electrons. The van der Waals surface area contributed by atoms with Gasteiger partial charge in [-0.25, -0.2) is 4.99 Å². The topological polar surface area (TPSA) is 102 Å². The molecule has 1 aromatic rings. The molecular formula is C12H7NO6S. The lowest BCUT2D eigenvalue weighted by Gasteiger charge is -2.05. The summed E-state index contributed by atoms with van der Waals surface area (Å²) < 4.78 is 31.5. The second kappa shape index (κ2) is 4.20. The summed E-state index contributed by atoms with van der Waals surface area (Å²) in [5.41, 5.74) is 0.600. The predicted molar refractivity (Wildman–Crippen MR) is 67.5 cm³/mol. The monoisotopic (exact) mass is 293 g/mol. The minimum absolute atomic E-state index is 0.0752. The van der Waals surface area contributed by atoms with Crippen LogP contribution >= 0.6 is 0 Å². The number of aliphatic imine (C=N–C) groups is 1. The Bertz CT molecular complexity index is 786. The van der Waals surface area contributed by atoms with Crippen molar-refractivity contribution in [1.82, 2.24) is 0 Å². The average molecular weight is 293 g/mol. The highest BCUT2D eigenvalue weighted by Crippen LogP contribution is 2.30. The van der Waals surface area contributed by atoms with E-state index in [0.29, 0.717) is 5.69 Å². The van der Waals surface area contributed by atoms with Crippen molar-refractivity contribution in [3.8, 4) is 5.75 Å². The summed E-state index contributed by atoms with van der Waals surface area (Å²) in [5, 5.41) is 9.18. The number of carbonyl (C=O) groups is 1. The quantitative estimate of drug-likeness (QED) is 0.778. The van der Waals surface area contributed by atoms with E-state index in [4.69, 9.17) is 0 Å². The number of phenols is 1. The van der Waals surface area contributed by atoms with Gasteiger partial charge >= 0.3 is 10.4 Å². The highest BCUT2D eigenvalue weighted by Gasteiger charge is 2.39. The summed E-state index contributed by atoms with van der Waals surface area (Å²) >= 11 is 0. The van der Waals surface area contributed by atoms with Crippen molar-refractivity contribution in [1.29, 1.82) is 0 Å². The van der Waals surface area contributed by atoms with Crippen molar-refractivity contribution in [3.63, 3.8) is 0 Å². The number of aromatic hydroxyl groups is 1. The molecule has 0 spiro atoms. The molecule has 1 heterocycles. The van der Waals surface area contributed by atoms with Gasteiger partial charge in [-0.15, -0.1) is 8.42 Å². The Balaban J connectivity index is 2.04. The van der Waals surface area contributed by atoms with Crippen molar-refractivity contribution < 1.29 is 26.7 Å². The number of benzene rings is 1. The largest absolute Gasteiger partial charge is 0.508 e. The number of hydrogen-bond donors (Lipinski definition) is 1. The van der Waals surface area contributed by atoms with Crippen molar-refractivity contribution >= 4 is 27.6 Å². The smallest absolute Gasteiger partial charge is 0.501 e. The molecule has 1 aliphatic heterocycles. The van der Waals surface area contributed by atoms with Gasteiger partial charge in [0, 0.05) is 0 Å². The second-order valence-electron chi connectivity index (χ2n) is 3.94. The fraction of sp³-hybridized carbons (Fsp3) is 0. The molecule has 1 aliphatic carbocycles. The number of hydrogen-bond acceptors (Lipinski definition) is 7. The van der Waals surface area contributed by atoms with Crippen molar-refractivity contribution in [2.75, 3.05) is 0 Å². The van der Waals surface area contributed by atoms with Crippen LogP contribution in [0.5, 0.6) is 5.75 Å². The van der Waals surface area contributed by atoms with Crippen LogP contribution in [0.15, 0.2) is 52.9 Å². The van der Waals surface area contributed by atoms with E-state index < -0.39 is 21.9 Å². The van der Waals surface area contributed by atoms with Gasteiger partial charge in [-0.2, -0.15) is 0 Å². The molecule has 1 N–H and O–H groups in total. The van der Waals surface area contributed by atoms with Crippen LogP contribution in [0.3, 0.4) is 0 Å². The molecular weight excluding hydrogens is 286 g/mol. The summed E-state index contributed by atoms with van der Waals surface area (Å²) in [6, 6.07) is 5.90. The van der Waals surface area contributed by atoms with Crippen LogP contribution in [0.25, 0.3) is 0 Å². The molecule has 0 bridgehead atoms. The fourth-order valence-corrected chi connectivity index (χ4v) is 2.43. The first-order chi connectivity index (χ1) is 9.44. The standard InChI is InChI=1S/C12H7NO6S/c14-8-3-1-7(2-4-8)13-9-5-6-10(15)12-11(9)18-20(16,17)19-12/h1-6,14H. The maximum Gasteiger partial charge on any atom is 0.501 e. The van der Waals surface area contributed by atoms with E-state index in [1.165, 1.54) is 30.3 Å². The number of phenolic OH excluding ortho intramolecular Hbond substituents is 1. The molecule has 0 fully saturated rings. The second-order valence-corrected chi connectivity index (χ2v) is 5.09. The summed E-state index contributed by atoms with van der Waals surface area (Å²) in [6.07, 6.45) is 2.47. The lowest BCUT2D eigenvalue weighted by atomic mass is 10.1. The zero-order valence-electron chi connectivity index (χ0n) is 9.81. The van der Waals surface area contributed by atoms with E-state index in [2.05, 4.69) is 13.4 Å². The molecule has 0 atom stereocenters. The van der Waals surface area contributed by atoms with E-state index in [9.17, 15) is 18.3 Å². The lowest BCUT2D eigenvalue weighted by Crippen LogP contribution is -2.11. The van der Waals surface area contributed by atoms with E-state index in [1.807, 2.05) is 0 Å². The summed E-state index contributed by atoms with van der Waals surface area (Å²) in [6.45, 7) is 0. The highest BCUT2D eigenvalue weighted by molar-refractivity contribution is 7.82. The fourth-order valence-electron chi connectivity index (χ4n) is 1.67. The van der Waals surface area contributed by atoms with E-state index >= 15 is 0 Å². The normalized spacial score (nSPS) is 21.6. The lowest BCUT2D eigenvalue weighted by molar-refractivity contribution is -0.113. The summed E-state index contributed by atoms with van der Waals surface area (Å²) in [4.78, 5) is 15.6. The molecule has 0 unspecified atom stereocenters. The van der Waals surface area contributed by atoms with Gasteiger partial charge in [-0.05, 0) is 36.4 Å². The third kappa shape index (κ3) is 2.16. The Morgan fingerprint density at radius 2 is 1.65 bits per heavy atom. The van der Waals surface area contributed by atoms with Crippen LogP contribution in [0.2, 0.25) is 0 Å². The van der Waals surface area contributed by atoms with Crippen molar-refractivity contribution in [2.45, 2.75) is 0 Å². The first-order valence-corrected chi connectivity index (χ1v) is 6.77. The molecule has 7 nitrogen and oxygen atoms in total. The molecule has 20 heavy (non-hydrogen) atoms. The van der Waals surface area contributed by atoms with E-state index in [0.717, 1.165) is 6.08 Å². The zero-order chi connectivity index (χ0) is 14.3. The SMILES string of the molecule is O=C1C=CC(=Nc2ccc(O)cc2)C2=C1OS(=O)(=O)O2. The Labute approximate surface area is 113 Å². The molecule has 0 amide bonds. The first-order valence-electron chi connectivity index (χ1n) is 5.43. The van der Waals surface area contributed by atoms with Crippen LogP contribution in [0.1, 0.15) is 0 Å². The van der Waals surface area contributed by atoms with Gasteiger partial charge in [-0.1, -0.05) is 0 Å². The van der Waals surface area contributed by atoms with Crippen LogP contribution in [0.4, 0.5) is 5.69 Å². The highest BCUT2D eigenvalue weighted by atomic mass is 32.3. The molecule has 0 radical (unpaired) electrons. The number of allylic oxidation sites excluding steroid dienone is 2. The number of carbonyl (C=O) groups excluding carboxylic acids is 1. The zero-order valence-corrected chi connectivity index (χ0v) is 10.6. The maximum absolute atomic E-state index is 11.5. The van der Waals surface area contributed by atoms with Crippen LogP contribution in [-0.2, 0) is 23.6 Å². The molecule has 2 aliphatic rings. The number of nitrogens with zero attached hydrogens (tertiary/aromatic N) is 1. The van der Waals surface area contributed by atoms with Crippen LogP contribution in [-0.4, -0.2) is 25.0 Å². The summed E-state index contributed by atoms with van der Waals surface area (Å²) in [5.74, 6) is -1.16. The molecule has 1 aromatic carbocycles. The maximum atomic E-state index is 11.5. The Kier molecular flexibility index (Phi) is 2.61. The Morgan fingerprint density at radius 3 is 2.35 bits per heavy atom. The molecule has 3 rings (SSSR count). The van der Waals surface area contributed by atoms with Crippen LogP contribution < -0.4 is 0 Å². The van der Waals surface area contributed by atoms with E-state index in [1.54, 1.807) is 0 Å². The molecule has 0 aromatic heterocycles. The van der Waals surface area contributed by atoms with Crippen molar-refractivity contribution in [2.24, 2.45) is 4.99 Å². The first kappa shape index (κ1) is 12.4. The van der Waals surface area contributed by atoms with Crippen LogP contribution in [0, 0.1) is 0 Å².